The minimum atomic E-state index is -0.0622. The monoisotopic (exact) mass is 351 g/mol. The van der Waals surface area contributed by atoms with E-state index in [1.54, 1.807) is 7.11 Å². The lowest BCUT2D eigenvalue weighted by Gasteiger charge is -2.12. The third-order valence-electron chi connectivity index (χ3n) is 4.10. The molecule has 2 aromatic carbocycles. The van der Waals surface area contributed by atoms with Crippen molar-refractivity contribution in [2.45, 2.75) is 25.8 Å². The van der Waals surface area contributed by atoms with Crippen molar-refractivity contribution in [3.8, 4) is 17.2 Å². The molecule has 0 spiro atoms. The summed E-state index contributed by atoms with van der Waals surface area (Å²) in [4.78, 5) is 12.2. The molecule has 0 aliphatic heterocycles. The van der Waals surface area contributed by atoms with Crippen LogP contribution in [-0.4, -0.2) is 23.2 Å². The Morgan fingerprint density at radius 2 is 1.85 bits per heavy atom. The summed E-state index contributed by atoms with van der Waals surface area (Å²) in [6.07, 6.45) is 0.381. The molecule has 0 saturated heterocycles. The Bertz CT molecular complexity index is 844. The Morgan fingerprint density at radius 1 is 1.12 bits per heavy atom. The van der Waals surface area contributed by atoms with Gasteiger partial charge in [-0.2, -0.15) is 0 Å². The van der Waals surface area contributed by atoms with Gasteiger partial charge in [-0.25, -0.2) is 0 Å². The van der Waals surface area contributed by atoms with E-state index in [4.69, 9.17) is 9.15 Å². The SMILES string of the molecule is COc1ccc(C(C)CC(=O)NCc2nnc(-c3ccccc3)o2)cc1. The molecular weight excluding hydrogens is 330 g/mol. The first-order chi connectivity index (χ1) is 12.7. The Morgan fingerprint density at radius 3 is 2.54 bits per heavy atom. The highest BCUT2D eigenvalue weighted by Gasteiger charge is 2.13. The number of methoxy groups -OCH3 is 1. The fourth-order valence-corrected chi connectivity index (χ4v) is 2.60. The smallest absolute Gasteiger partial charge is 0.247 e. The predicted molar refractivity (Wildman–Crippen MR) is 97.6 cm³/mol. The fraction of sp³-hybridized carbons (Fsp3) is 0.250. The Labute approximate surface area is 152 Å². The van der Waals surface area contributed by atoms with Gasteiger partial charge in [0, 0.05) is 12.0 Å². The van der Waals surface area contributed by atoms with Gasteiger partial charge in [-0.3, -0.25) is 4.79 Å². The van der Waals surface area contributed by atoms with Crippen molar-refractivity contribution in [3.63, 3.8) is 0 Å². The van der Waals surface area contributed by atoms with Crippen LogP contribution in [0.5, 0.6) is 5.75 Å². The van der Waals surface area contributed by atoms with Crippen molar-refractivity contribution in [2.24, 2.45) is 0 Å². The van der Waals surface area contributed by atoms with Gasteiger partial charge in [0.05, 0.1) is 13.7 Å². The molecule has 0 fully saturated rings. The van der Waals surface area contributed by atoms with Gasteiger partial charge in [-0.05, 0) is 35.7 Å². The lowest BCUT2D eigenvalue weighted by atomic mass is 9.97. The van der Waals surface area contributed by atoms with Crippen molar-refractivity contribution in [1.82, 2.24) is 15.5 Å². The number of benzene rings is 2. The molecular formula is C20H21N3O3. The highest BCUT2D eigenvalue weighted by molar-refractivity contribution is 5.76. The average molecular weight is 351 g/mol. The molecule has 1 amide bonds. The second-order valence-electron chi connectivity index (χ2n) is 6.02. The molecule has 6 nitrogen and oxygen atoms in total. The molecule has 0 aliphatic rings. The summed E-state index contributed by atoms with van der Waals surface area (Å²) in [6.45, 7) is 2.23. The molecule has 0 saturated carbocycles. The van der Waals surface area contributed by atoms with E-state index in [9.17, 15) is 4.79 Å². The van der Waals surface area contributed by atoms with Crippen molar-refractivity contribution in [1.29, 1.82) is 0 Å². The van der Waals surface area contributed by atoms with E-state index in [1.807, 2.05) is 61.5 Å². The van der Waals surface area contributed by atoms with Crippen LogP contribution in [0, 0.1) is 0 Å². The van der Waals surface area contributed by atoms with Gasteiger partial charge in [-0.15, -0.1) is 10.2 Å². The summed E-state index contributed by atoms with van der Waals surface area (Å²) in [5, 5.41) is 10.8. The number of hydrogen-bond acceptors (Lipinski definition) is 5. The maximum Gasteiger partial charge on any atom is 0.247 e. The van der Waals surface area contributed by atoms with Gasteiger partial charge >= 0.3 is 0 Å². The van der Waals surface area contributed by atoms with E-state index < -0.39 is 0 Å². The molecule has 0 radical (unpaired) electrons. The van der Waals surface area contributed by atoms with Gasteiger partial charge in [-0.1, -0.05) is 37.3 Å². The second-order valence-corrected chi connectivity index (χ2v) is 6.02. The minimum Gasteiger partial charge on any atom is -0.497 e. The number of rotatable bonds is 7. The summed E-state index contributed by atoms with van der Waals surface area (Å²) in [7, 11) is 1.63. The van der Waals surface area contributed by atoms with Crippen LogP contribution in [0.3, 0.4) is 0 Å². The lowest BCUT2D eigenvalue weighted by Crippen LogP contribution is -2.24. The number of hydrogen-bond donors (Lipinski definition) is 1. The van der Waals surface area contributed by atoms with E-state index in [1.165, 1.54) is 0 Å². The third kappa shape index (κ3) is 4.47. The summed E-state index contributed by atoms with van der Waals surface area (Å²) in [5.74, 6) is 1.67. The zero-order chi connectivity index (χ0) is 18.4. The molecule has 1 atom stereocenters. The summed E-state index contributed by atoms with van der Waals surface area (Å²) in [5.41, 5.74) is 1.94. The molecule has 1 unspecified atom stereocenters. The minimum absolute atomic E-state index is 0.0622. The fourth-order valence-electron chi connectivity index (χ4n) is 2.60. The standard InChI is InChI=1S/C20H21N3O3/c1-14(15-8-10-17(25-2)11-9-15)12-18(24)21-13-19-22-23-20(26-19)16-6-4-3-5-7-16/h3-11,14H,12-13H2,1-2H3,(H,21,24). The van der Waals surface area contributed by atoms with E-state index in [2.05, 4.69) is 15.5 Å². The highest BCUT2D eigenvalue weighted by atomic mass is 16.5. The first-order valence-electron chi connectivity index (χ1n) is 8.44. The Hall–Kier alpha value is -3.15. The predicted octanol–water partition coefficient (Wildman–Crippen LogP) is 3.56. The van der Waals surface area contributed by atoms with Crippen LogP contribution in [0.4, 0.5) is 0 Å². The van der Waals surface area contributed by atoms with Crippen LogP contribution in [0.1, 0.15) is 30.7 Å². The van der Waals surface area contributed by atoms with E-state index in [-0.39, 0.29) is 18.4 Å². The number of nitrogens with zero attached hydrogens (tertiary/aromatic N) is 2. The van der Waals surface area contributed by atoms with Crippen LogP contribution in [0.25, 0.3) is 11.5 Å². The van der Waals surface area contributed by atoms with Crippen molar-refractivity contribution in [3.05, 3.63) is 66.1 Å². The summed E-state index contributed by atoms with van der Waals surface area (Å²) < 4.78 is 10.7. The van der Waals surface area contributed by atoms with Crippen molar-refractivity contribution in [2.75, 3.05) is 7.11 Å². The number of carbonyl (C=O) groups excluding carboxylic acids is 1. The van der Waals surface area contributed by atoms with Crippen molar-refractivity contribution >= 4 is 5.91 Å². The number of nitrogens with one attached hydrogen (secondary N) is 1. The van der Waals surface area contributed by atoms with Gasteiger partial charge in [0.2, 0.25) is 17.7 Å². The first-order valence-corrected chi connectivity index (χ1v) is 8.44. The summed E-state index contributed by atoms with van der Waals surface area (Å²) >= 11 is 0. The van der Waals surface area contributed by atoms with Crippen LogP contribution >= 0.6 is 0 Å². The normalized spacial score (nSPS) is 11.8. The van der Waals surface area contributed by atoms with Crippen LogP contribution in [0.15, 0.2) is 59.0 Å². The van der Waals surface area contributed by atoms with E-state index >= 15 is 0 Å². The van der Waals surface area contributed by atoms with E-state index in [0.29, 0.717) is 18.2 Å². The molecule has 6 heteroatoms. The maximum absolute atomic E-state index is 12.2. The molecule has 1 aromatic heterocycles. The van der Waals surface area contributed by atoms with Crippen LogP contribution < -0.4 is 10.1 Å². The van der Waals surface area contributed by atoms with Crippen molar-refractivity contribution < 1.29 is 13.9 Å². The molecule has 1 N–H and O–H groups in total. The maximum atomic E-state index is 12.2. The molecule has 1 heterocycles. The number of carbonyl (C=O) groups is 1. The van der Waals surface area contributed by atoms with E-state index in [0.717, 1.165) is 16.9 Å². The largest absolute Gasteiger partial charge is 0.497 e. The Balaban J connectivity index is 1.51. The number of amides is 1. The van der Waals surface area contributed by atoms with Gasteiger partial charge in [0.1, 0.15) is 5.75 Å². The number of aromatic nitrogens is 2. The number of ether oxygens (including phenoxy) is 1. The highest BCUT2D eigenvalue weighted by Crippen LogP contribution is 2.22. The molecule has 0 aliphatic carbocycles. The van der Waals surface area contributed by atoms with Crippen LogP contribution in [0.2, 0.25) is 0 Å². The summed E-state index contributed by atoms with van der Waals surface area (Å²) in [6, 6.07) is 17.3. The van der Waals surface area contributed by atoms with Gasteiger partial charge < -0.3 is 14.5 Å². The second kappa shape index (κ2) is 8.29. The third-order valence-corrected chi connectivity index (χ3v) is 4.10. The quantitative estimate of drug-likeness (QED) is 0.704. The molecule has 3 rings (SSSR count). The lowest BCUT2D eigenvalue weighted by molar-refractivity contribution is -0.121. The van der Waals surface area contributed by atoms with Crippen LogP contribution in [-0.2, 0) is 11.3 Å². The average Bonchev–Trinajstić information content (AvgIpc) is 3.16. The molecule has 26 heavy (non-hydrogen) atoms. The van der Waals surface area contributed by atoms with Gasteiger partial charge in [0.15, 0.2) is 0 Å². The molecule has 3 aromatic rings. The zero-order valence-corrected chi connectivity index (χ0v) is 14.8. The first kappa shape index (κ1) is 17.7. The topological polar surface area (TPSA) is 77.2 Å². The zero-order valence-electron chi connectivity index (χ0n) is 14.8. The Kier molecular flexibility index (Phi) is 5.63. The molecule has 0 bridgehead atoms. The molecule has 134 valence electrons. The van der Waals surface area contributed by atoms with Gasteiger partial charge in [0.25, 0.3) is 0 Å².